The van der Waals surface area contributed by atoms with Crippen molar-refractivity contribution in [2.24, 2.45) is 0 Å². The summed E-state index contributed by atoms with van der Waals surface area (Å²) in [6.45, 7) is 6.37. The average molecular weight is 520 g/mol. The Morgan fingerprint density at radius 1 is 0.846 bits per heavy atom. The zero-order chi connectivity index (χ0) is 27.4. The number of hydrogen-bond acceptors (Lipinski definition) is 4. The standard InChI is InChI=1S/C35H37NO3/c1-24-6-5-7-28(20-24)33-23-29(12-15-35(33)38-4)34(37)22-26-8-10-27(11-9-26)32-14-13-31(21-25(32)2)39-30-16-18-36(3)19-17-30/h5-15,20-21,23,30H,16-19,22H2,1-4H3. The van der Waals surface area contributed by atoms with Crippen LogP contribution in [0.25, 0.3) is 22.3 Å². The first-order chi connectivity index (χ1) is 18.9. The van der Waals surface area contributed by atoms with E-state index in [1.54, 1.807) is 7.11 Å². The van der Waals surface area contributed by atoms with Gasteiger partial charge in [0, 0.05) is 30.6 Å². The molecule has 0 aromatic heterocycles. The Kier molecular flexibility index (Phi) is 8.13. The van der Waals surface area contributed by atoms with Crippen molar-refractivity contribution in [2.75, 3.05) is 27.2 Å². The van der Waals surface area contributed by atoms with E-state index in [1.165, 1.54) is 16.7 Å². The zero-order valence-corrected chi connectivity index (χ0v) is 23.4. The summed E-state index contributed by atoms with van der Waals surface area (Å²) in [6.07, 6.45) is 2.78. The molecule has 0 radical (unpaired) electrons. The van der Waals surface area contributed by atoms with Gasteiger partial charge >= 0.3 is 0 Å². The van der Waals surface area contributed by atoms with Gasteiger partial charge in [0.05, 0.1) is 7.11 Å². The molecule has 39 heavy (non-hydrogen) atoms. The van der Waals surface area contributed by atoms with Crippen molar-refractivity contribution in [2.45, 2.75) is 39.2 Å². The summed E-state index contributed by atoms with van der Waals surface area (Å²) in [5.41, 5.74) is 8.34. The molecule has 0 atom stereocenters. The van der Waals surface area contributed by atoms with Gasteiger partial charge in [0.1, 0.15) is 17.6 Å². The van der Waals surface area contributed by atoms with E-state index in [0.717, 1.165) is 59.7 Å². The van der Waals surface area contributed by atoms with Crippen LogP contribution in [0.5, 0.6) is 11.5 Å². The molecule has 1 fully saturated rings. The molecule has 0 N–H and O–H groups in total. The number of ether oxygens (including phenoxy) is 2. The Hall–Kier alpha value is -3.89. The van der Waals surface area contributed by atoms with Crippen molar-refractivity contribution in [1.82, 2.24) is 4.90 Å². The zero-order valence-electron chi connectivity index (χ0n) is 23.4. The van der Waals surface area contributed by atoms with Crippen LogP contribution in [-0.2, 0) is 6.42 Å². The van der Waals surface area contributed by atoms with Crippen LogP contribution in [0.3, 0.4) is 0 Å². The fraction of sp³-hybridized carbons (Fsp3) is 0.286. The van der Waals surface area contributed by atoms with Crippen molar-refractivity contribution in [3.63, 3.8) is 0 Å². The third-order valence-electron chi connectivity index (χ3n) is 7.65. The largest absolute Gasteiger partial charge is 0.496 e. The van der Waals surface area contributed by atoms with E-state index >= 15 is 0 Å². The van der Waals surface area contributed by atoms with Crippen LogP contribution in [0.1, 0.15) is 39.9 Å². The Bertz CT molecular complexity index is 1450. The number of methoxy groups -OCH3 is 1. The minimum absolute atomic E-state index is 0.0888. The monoisotopic (exact) mass is 519 g/mol. The summed E-state index contributed by atoms with van der Waals surface area (Å²) < 4.78 is 11.9. The lowest BCUT2D eigenvalue weighted by Crippen LogP contribution is -2.35. The maximum atomic E-state index is 13.2. The van der Waals surface area contributed by atoms with Gasteiger partial charge in [-0.25, -0.2) is 0 Å². The summed E-state index contributed by atoms with van der Waals surface area (Å²) in [6, 6.07) is 28.6. The molecule has 0 saturated carbocycles. The molecule has 0 bridgehead atoms. The third-order valence-corrected chi connectivity index (χ3v) is 7.65. The number of carbonyl (C=O) groups is 1. The van der Waals surface area contributed by atoms with Gasteiger partial charge < -0.3 is 14.4 Å². The van der Waals surface area contributed by atoms with E-state index in [-0.39, 0.29) is 5.78 Å². The minimum Gasteiger partial charge on any atom is -0.496 e. The Morgan fingerprint density at radius 2 is 1.62 bits per heavy atom. The van der Waals surface area contributed by atoms with E-state index in [9.17, 15) is 4.79 Å². The van der Waals surface area contributed by atoms with Crippen LogP contribution in [0.4, 0.5) is 0 Å². The second kappa shape index (κ2) is 11.9. The summed E-state index contributed by atoms with van der Waals surface area (Å²) >= 11 is 0. The van der Waals surface area contributed by atoms with E-state index in [4.69, 9.17) is 9.47 Å². The number of ketones is 1. The van der Waals surface area contributed by atoms with Gasteiger partial charge in [-0.3, -0.25) is 4.79 Å². The fourth-order valence-electron chi connectivity index (χ4n) is 5.34. The predicted octanol–water partition coefficient (Wildman–Crippen LogP) is 7.54. The first-order valence-corrected chi connectivity index (χ1v) is 13.7. The summed E-state index contributed by atoms with van der Waals surface area (Å²) in [5.74, 6) is 1.79. The van der Waals surface area contributed by atoms with Crippen molar-refractivity contribution < 1.29 is 14.3 Å². The number of hydrogen-bond donors (Lipinski definition) is 0. The average Bonchev–Trinajstić information content (AvgIpc) is 2.94. The molecule has 200 valence electrons. The van der Waals surface area contributed by atoms with Gasteiger partial charge in [-0.05, 0) is 91.9 Å². The van der Waals surface area contributed by atoms with E-state index in [1.807, 2.05) is 30.3 Å². The number of carbonyl (C=O) groups excluding carboxylic acids is 1. The fourth-order valence-corrected chi connectivity index (χ4v) is 5.34. The van der Waals surface area contributed by atoms with Crippen molar-refractivity contribution in [3.8, 4) is 33.8 Å². The number of benzene rings is 4. The first kappa shape index (κ1) is 26.7. The molecule has 0 unspecified atom stereocenters. The summed E-state index contributed by atoms with van der Waals surface area (Å²) in [4.78, 5) is 15.6. The molecule has 1 aliphatic heterocycles. The summed E-state index contributed by atoms with van der Waals surface area (Å²) in [7, 11) is 3.83. The molecule has 0 amide bonds. The number of Topliss-reactive ketones (excluding diaryl/α,β-unsaturated/α-hetero) is 1. The third kappa shape index (κ3) is 6.40. The van der Waals surface area contributed by atoms with E-state index in [0.29, 0.717) is 18.1 Å². The highest BCUT2D eigenvalue weighted by Crippen LogP contribution is 2.32. The smallest absolute Gasteiger partial charge is 0.167 e. The number of aryl methyl sites for hydroxylation is 2. The molecular formula is C35H37NO3. The second-order valence-corrected chi connectivity index (χ2v) is 10.7. The maximum Gasteiger partial charge on any atom is 0.167 e. The number of rotatable bonds is 8. The van der Waals surface area contributed by atoms with E-state index < -0.39 is 0 Å². The molecule has 0 aliphatic carbocycles. The van der Waals surface area contributed by atoms with Gasteiger partial charge in [0.15, 0.2) is 5.78 Å². The molecular weight excluding hydrogens is 482 g/mol. The van der Waals surface area contributed by atoms with Crippen LogP contribution in [0, 0.1) is 13.8 Å². The molecule has 0 spiro atoms. The molecule has 4 aromatic carbocycles. The molecule has 4 aromatic rings. The van der Waals surface area contributed by atoms with Gasteiger partial charge in [-0.2, -0.15) is 0 Å². The lowest BCUT2D eigenvalue weighted by Gasteiger charge is -2.29. The van der Waals surface area contributed by atoms with E-state index in [2.05, 4.69) is 80.4 Å². The normalized spacial score (nSPS) is 14.3. The van der Waals surface area contributed by atoms with Gasteiger partial charge in [0.2, 0.25) is 0 Å². The lowest BCUT2D eigenvalue weighted by atomic mass is 9.95. The molecule has 5 rings (SSSR count). The minimum atomic E-state index is 0.0888. The topological polar surface area (TPSA) is 38.8 Å². The van der Waals surface area contributed by atoms with Gasteiger partial charge in [0.25, 0.3) is 0 Å². The van der Waals surface area contributed by atoms with Crippen molar-refractivity contribution >= 4 is 5.78 Å². The number of piperidine rings is 1. The molecule has 1 heterocycles. The van der Waals surface area contributed by atoms with Crippen molar-refractivity contribution in [3.05, 3.63) is 107 Å². The lowest BCUT2D eigenvalue weighted by molar-refractivity contribution is 0.0993. The number of nitrogens with zero attached hydrogens (tertiary/aromatic N) is 1. The quantitative estimate of drug-likeness (QED) is 0.225. The Labute approximate surface area is 232 Å². The van der Waals surface area contributed by atoms with Crippen LogP contribution in [-0.4, -0.2) is 44.0 Å². The highest BCUT2D eigenvalue weighted by molar-refractivity contribution is 5.99. The molecule has 1 saturated heterocycles. The Balaban J connectivity index is 1.27. The van der Waals surface area contributed by atoms with Gasteiger partial charge in [-0.1, -0.05) is 60.2 Å². The van der Waals surface area contributed by atoms with Crippen LogP contribution in [0.2, 0.25) is 0 Å². The van der Waals surface area contributed by atoms with Crippen LogP contribution >= 0.6 is 0 Å². The van der Waals surface area contributed by atoms with Crippen LogP contribution < -0.4 is 9.47 Å². The SMILES string of the molecule is COc1ccc(C(=O)Cc2ccc(-c3ccc(OC4CCN(C)CC4)cc3C)cc2)cc1-c1cccc(C)c1. The molecule has 4 nitrogen and oxygen atoms in total. The maximum absolute atomic E-state index is 13.2. The highest BCUT2D eigenvalue weighted by Gasteiger charge is 2.18. The second-order valence-electron chi connectivity index (χ2n) is 10.7. The molecule has 1 aliphatic rings. The summed E-state index contributed by atoms with van der Waals surface area (Å²) in [5, 5.41) is 0. The predicted molar refractivity (Wildman–Crippen MR) is 159 cm³/mol. The van der Waals surface area contributed by atoms with Gasteiger partial charge in [-0.15, -0.1) is 0 Å². The molecule has 4 heteroatoms. The number of likely N-dealkylation sites (tertiary alicyclic amines) is 1. The van der Waals surface area contributed by atoms with Crippen LogP contribution in [0.15, 0.2) is 84.9 Å². The Morgan fingerprint density at radius 3 is 2.31 bits per heavy atom. The highest BCUT2D eigenvalue weighted by atomic mass is 16.5. The van der Waals surface area contributed by atoms with Crippen molar-refractivity contribution in [1.29, 1.82) is 0 Å². The first-order valence-electron chi connectivity index (χ1n) is 13.7.